The number of ketones is 3. The Kier molecular flexibility index (Phi) is 8.94. The van der Waals surface area contributed by atoms with Crippen LogP contribution in [0, 0.1) is 23.7 Å². The molecule has 2 aromatic rings. The highest BCUT2D eigenvalue weighted by atomic mass is 16.3. The first-order valence-electron chi connectivity index (χ1n) is 15.5. The summed E-state index contributed by atoms with van der Waals surface area (Å²) in [6.45, 7) is 2.21. The number of fused-ring (bicyclic) bond motifs is 3. The fraction of sp³-hybridized carbons (Fsp3) is 0.576. The number of nitrogens with zero attached hydrogens (tertiary/aromatic N) is 4. The van der Waals surface area contributed by atoms with Crippen molar-refractivity contribution >= 4 is 28.9 Å². The van der Waals surface area contributed by atoms with Crippen LogP contribution in [0.15, 0.2) is 22.6 Å². The first kappa shape index (κ1) is 33.7. The van der Waals surface area contributed by atoms with Crippen molar-refractivity contribution in [3.05, 3.63) is 35.1 Å². The van der Waals surface area contributed by atoms with Crippen LogP contribution in [0.25, 0.3) is 11.3 Å². The van der Waals surface area contributed by atoms with Crippen molar-refractivity contribution in [1.29, 1.82) is 0 Å². The van der Waals surface area contributed by atoms with Crippen molar-refractivity contribution in [3.63, 3.8) is 0 Å². The number of likely N-dealkylation sites (N-methyl/N-ethyl adjacent to an activating group) is 3. The number of Topliss-reactive ketones (excluding diaryl/α,β-unsaturated/α-hetero) is 3. The van der Waals surface area contributed by atoms with E-state index in [9.17, 15) is 34.5 Å². The summed E-state index contributed by atoms with van der Waals surface area (Å²) in [5.41, 5.74) is 4.17. The molecular weight excluding hydrogens is 594 g/mol. The minimum Gasteiger partial charge on any atom is -0.506 e. The molecule has 2 saturated carbocycles. The van der Waals surface area contributed by atoms with Gasteiger partial charge in [-0.15, -0.1) is 0 Å². The molecule has 0 bridgehead atoms. The smallest absolute Gasteiger partial charge is 0.230 e. The molecule has 46 heavy (non-hydrogen) atoms. The molecule has 13 heteroatoms. The van der Waals surface area contributed by atoms with Gasteiger partial charge in [0.1, 0.15) is 23.2 Å². The molecule has 13 nitrogen and oxygen atoms in total. The van der Waals surface area contributed by atoms with Crippen LogP contribution in [0.5, 0.6) is 5.75 Å². The Balaban J connectivity index is 1.57. The molecule has 5 N–H and O–H groups in total. The van der Waals surface area contributed by atoms with Gasteiger partial charge in [0.15, 0.2) is 23.0 Å². The zero-order valence-corrected chi connectivity index (χ0v) is 27.5. The molecule has 0 radical (unpaired) electrons. The normalized spacial score (nSPS) is 29.3. The van der Waals surface area contributed by atoms with Crippen LogP contribution >= 0.6 is 0 Å². The zero-order chi connectivity index (χ0) is 34.0. The molecule has 7 atom stereocenters. The van der Waals surface area contributed by atoms with Crippen molar-refractivity contribution < 1.29 is 38.9 Å². The van der Waals surface area contributed by atoms with Gasteiger partial charge in [-0.05, 0) is 77.8 Å². The van der Waals surface area contributed by atoms with E-state index in [1.807, 2.05) is 46.2 Å². The lowest BCUT2D eigenvalue weighted by Gasteiger charge is -2.55. The number of carbonyl (C=O) groups excluding carboxylic acids is 4. The summed E-state index contributed by atoms with van der Waals surface area (Å²) >= 11 is 0. The minimum atomic E-state index is -2.71. The van der Waals surface area contributed by atoms with Crippen LogP contribution in [0.3, 0.4) is 0 Å². The molecule has 5 rings (SSSR count). The molecule has 0 spiro atoms. The minimum absolute atomic E-state index is 0.0491. The number of primary amides is 1. The van der Waals surface area contributed by atoms with Crippen molar-refractivity contribution in [1.82, 2.24) is 14.7 Å². The first-order valence-corrected chi connectivity index (χ1v) is 15.5. The number of aliphatic hydroxyl groups excluding tert-OH is 1. The van der Waals surface area contributed by atoms with E-state index in [0.717, 1.165) is 13.1 Å². The lowest BCUT2D eigenvalue weighted by atomic mass is 9.52. The Morgan fingerprint density at radius 3 is 2.30 bits per heavy atom. The van der Waals surface area contributed by atoms with E-state index in [4.69, 9.17) is 10.2 Å². The summed E-state index contributed by atoms with van der Waals surface area (Å²) in [5.74, 6) is -8.41. The molecular formula is C33H45N5O8. The van der Waals surface area contributed by atoms with E-state index in [-0.39, 0.29) is 29.7 Å². The molecule has 0 aliphatic heterocycles. The zero-order valence-electron chi connectivity index (χ0n) is 27.5. The molecule has 0 saturated heterocycles. The van der Waals surface area contributed by atoms with Crippen molar-refractivity contribution in [2.75, 3.05) is 67.3 Å². The summed E-state index contributed by atoms with van der Waals surface area (Å²) in [6, 6.07) is 4.34. The second kappa shape index (κ2) is 12.2. The Hall–Kier alpha value is -3.62. The average Bonchev–Trinajstić information content (AvgIpc) is 3.41. The third-order valence-electron chi connectivity index (χ3n) is 10.0. The Morgan fingerprint density at radius 2 is 1.72 bits per heavy atom. The van der Waals surface area contributed by atoms with Crippen LogP contribution in [0.4, 0.5) is 5.69 Å². The van der Waals surface area contributed by atoms with E-state index in [1.165, 1.54) is 0 Å². The second-order valence-electron chi connectivity index (χ2n) is 13.8. The summed E-state index contributed by atoms with van der Waals surface area (Å²) in [4.78, 5) is 62.0. The van der Waals surface area contributed by atoms with Crippen molar-refractivity contribution in [3.8, 4) is 17.1 Å². The Bertz CT molecular complexity index is 1570. The summed E-state index contributed by atoms with van der Waals surface area (Å²) in [7, 11) is 12.8. The van der Waals surface area contributed by atoms with Gasteiger partial charge in [-0.3, -0.25) is 24.1 Å². The summed E-state index contributed by atoms with van der Waals surface area (Å²) < 4.78 is 6.13. The molecule has 1 heterocycles. The van der Waals surface area contributed by atoms with E-state index in [0.29, 0.717) is 29.3 Å². The largest absolute Gasteiger partial charge is 0.506 e. The number of phenolic OH excluding ortho intramolecular Hbond substituents is 1. The van der Waals surface area contributed by atoms with Gasteiger partial charge in [0.25, 0.3) is 0 Å². The third kappa shape index (κ3) is 5.33. The number of aliphatic hydroxyl groups is 2. The highest BCUT2D eigenvalue weighted by Gasteiger charge is 2.69. The van der Waals surface area contributed by atoms with E-state index in [1.54, 1.807) is 31.1 Å². The lowest BCUT2D eigenvalue weighted by Crippen LogP contribution is -2.75. The van der Waals surface area contributed by atoms with Crippen LogP contribution in [-0.4, -0.2) is 133 Å². The Morgan fingerprint density at radius 1 is 1.04 bits per heavy atom. The molecule has 250 valence electrons. The lowest BCUT2D eigenvalue weighted by molar-refractivity contribution is -0.190. The maximum atomic E-state index is 14.3. The number of carbonyl (C=O) groups is 4. The predicted molar refractivity (Wildman–Crippen MR) is 169 cm³/mol. The SMILES string of the molecule is CN(C)CCN(C)Cc1ccc(-c2cc(N(C)C)c3c(c2O)C(=O)C2C(=O)[C@@]4(O)C(=O)C(C(N)=O)C(O)[C@H](N(C)C)[C@H]4C[C@H]2C3)o1. The van der Waals surface area contributed by atoms with E-state index >= 15 is 0 Å². The molecule has 1 aromatic heterocycles. The van der Waals surface area contributed by atoms with Crippen LogP contribution in [-0.2, 0) is 27.3 Å². The number of phenols is 1. The number of nitrogens with two attached hydrogens (primary N) is 1. The summed E-state index contributed by atoms with van der Waals surface area (Å²) in [6.07, 6.45) is -1.29. The van der Waals surface area contributed by atoms with Crippen molar-refractivity contribution in [2.24, 2.45) is 29.4 Å². The number of amides is 1. The van der Waals surface area contributed by atoms with Gasteiger partial charge in [-0.1, -0.05) is 0 Å². The molecule has 2 fully saturated rings. The number of benzene rings is 1. The van der Waals surface area contributed by atoms with Crippen LogP contribution in [0.1, 0.15) is 28.1 Å². The topological polar surface area (TPSA) is 181 Å². The average molecular weight is 640 g/mol. The van der Waals surface area contributed by atoms with Gasteiger partial charge < -0.3 is 40.2 Å². The highest BCUT2D eigenvalue weighted by molar-refractivity contribution is 6.26. The maximum Gasteiger partial charge on any atom is 0.230 e. The number of hydrogen-bond donors (Lipinski definition) is 4. The van der Waals surface area contributed by atoms with Gasteiger partial charge >= 0.3 is 0 Å². The van der Waals surface area contributed by atoms with Crippen LogP contribution in [0.2, 0.25) is 0 Å². The fourth-order valence-corrected chi connectivity index (χ4v) is 7.78. The summed E-state index contributed by atoms with van der Waals surface area (Å²) in [5, 5.41) is 34.6. The predicted octanol–water partition coefficient (Wildman–Crippen LogP) is -0.0218. The monoisotopic (exact) mass is 639 g/mol. The van der Waals surface area contributed by atoms with Gasteiger partial charge in [-0.2, -0.15) is 0 Å². The maximum absolute atomic E-state index is 14.3. The van der Waals surface area contributed by atoms with Gasteiger partial charge in [0, 0.05) is 44.8 Å². The van der Waals surface area contributed by atoms with E-state index in [2.05, 4.69) is 9.80 Å². The molecule has 1 aromatic carbocycles. The molecule has 3 aliphatic carbocycles. The standard InChI is InChI=1S/C33H45N5O8/c1-35(2)10-11-38(7)15-17-8-9-22(46-17)19-14-21(36(3)4)18-12-16-13-20-26(37(5)6)29(41)25(32(34)44)31(43)33(20,45)30(42)23(16)28(40)24(18)27(19)39/h8-9,14,16,20,23,25-26,29,39,41,45H,10-13,15H2,1-7H3,(H2,34,44)/t16-,20-,23?,25?,26-,29?,33-/m1/s1. The number of hydrogen-bond acceptors (Lipinski definition) is 12. The third-order valence-corrected chi connectivity index (χ3v) is 10.0. The van der Waals surface area contributed by atoms with Gasteiger partial charge in [0.05, 0.1) is 29.7 Å². The molecule has 3 unspecified atom stereocenters. The highest BCUT2D eigenvalue weighted by Crippen LogP contribution is 2.53. The van der Waals surface area contributed by atoms with Gasteiger partial charge in [-0.25, -0.2) is 0 Å². The quantitative estimate of drug-likeness (QED) is 0.270. The van der Waals surface area contributed by atoms with Gasteiger partial charge in [0.2, 0.25) is 5.91 Å². The number of rotatable bonds is 9. The Labute approximate surface area is 268 Å². The van der Waals surface area contributed by atoms with Crippen molar-refractivity contribution in [2.45, 2.75) is 37.1 Å². The molecule has 1 amide bonds. The fourth-order valence-electron chi connectivity index (χ4n) is 7.78. The van der Waals surface area contributed by atoms with E-state index < -0.39 is 64.7 Å². The van der Waals surface area contributed by atoms with Crippen LogP contribution < -0.4 is 10.6 Å². The second-order valence-corrected chi connectivity index (χ2v) is 13.8. The number of aromatic hydroxyl groups is 1. The molecule has 3 aliphatic rings. The number of anilines is 1. The first-order chi connectivity index (χ1) is 21.5. The number of furan rings is 1.